The zero-order valence-corrected chi connectivity index (χ0v) is 7.76. The first-order valence-corrected chi connectivity index (χ1v) is 4.70. The lowest BCUT2D eigenvalue weighted by Crippen LogP contribution is -2.00. The van der Waals surface area contributed by atoms with Gasteiger partial charge in [0.1, 0.15) is 28.6 Å². The lowest BCUT2D eigenvalue weighted by molar-refractivity contribution is 0.125. The van der Waals surface area contributed by atoms with Crippen LogP contribution < -0.4 is 0 Å². The summed E-state index contributed by atoms with van der Waals surface area (Å²) in [6.07, 6.45) is 1.22. The van der Waals surface area contributed by atoms with Gasteiger partial charge in [-0.3, -0.25) is 0 Å². The number of furan rings is 1. The van der Waals surface area contributed by atoms with E-state index in [-0.39, 0.29) is 11.0 Å². The summed E-state index contributed by atoms with van der Waals surface area (Å²) < 4.78 is 31.4. The van der Waals surface area contributed by atoms with E-state index in [0.29, 0.717) is 18.6 Å². The highest BCUT2D eigenvalue weighted by atomic mass is 19.1. The molecule has 0 aliphatic heterocycles. The first-order chi connectivity index (χ1) is 7.08. The second-order valence-corrected chi connectivity index (χ2v) is 3.94. The Hall–Kier alpha value is -1.42. The van der Waals surface area contributed by atoms with E-state index in [1.54, 1.807) is 0 Å². The molecule has 1 aliphatic rings. The molecule has 1 fully saturated rings. The molecule has 0 amide bonds. The van der Waals surface area contributed by atoms with E-state index in [0.717, 1.165) is 12.1 Å². The molecular formula is C11H8F2O2. The van der Waals surface area contributed by atoms with Crippen molar-refractivity contribution >= 4 is 11.0 Å². The number of hydrogen-bond donors (Lipinski definition) is 1. The summed E-state index contributed by atoms with van der Waals surface area (Å²) in [7, 11) is 0. The topological polar surface area (TPSA) is 33.4 Å². The summed E-state index contributed by atoms with van der Waals surface area (Å²) in [6.45, 7) is 0. The first kappa shape index (κ1) is 8.85. The molecule has 78 valence electrons. The van der Waals surface area contributed by atoms with Crippen LogP contribution in [0.3, 0.4) is 0 Å². The summed E-state index contributed by atoms with van der Waals surface area (Å²) >= 11 is 0. The van der Waals surface area contributed by atoms with Crippen LogP contribution in [0.5, 0.6) is 0 Å². The lowest BCUT2D eigenvalue weighted by Gasteiger charge is -1.99. The van der Waals surface area contributed by atoms with Crippen molar-refractivity contribution in [3.05, 3.63) is 35.6 Å². The molecule has 1 heterocycles. The standard InChI is InChI=1S/C11H8F2O2/c12-6-3-8(13)7-5-10(11(14)1-2-11)15-9(7)4-6/h3-5,14H,1-2H2. The van der Waals surface area contributed by atoms with Crippen molar-refractivity contribution in [3.63, 3.8) is 0 Å². The zero-order valence-electron chi connectivity index (χ0n) is 7.76. The van der Waals surface area contributed by atoms with Crippen molar-refractivity contribution in [1.29, 1.82) is 0 Å². The SMILES string of the molecule is OC1(c2cc3c(F)cc(F)cc3o2)CC1. The van der Waals surface area contributed by atoms with Gasteiger partial charge < -0.3 is 9.52 Å². The Balaban J connectivity index is 2.25. The van der Waals surface area contributed by atoms with Gasteiger partial charge >= 0.3 is 0 Å². The largest absolute Gasteiger partial charge is 0.458 e. The number of benzene rings is 1. The van der Waals surface area contributed by atoms with E-state index in [9.17, 15) is 13.9 Å². The predicted octanol–water partition coefficient (Wildman–Crippen LogP) is 2.69. The maximum atomic E-state index is 13.3. The van der Waals surface area contributed by atoms with Crippen LogP contribution in [0.1, 0.15) is 18.6 Å². The van der Waals surface area contributed by atoms with Gasteiger partial charge in [0.15, 0.2) is 0 Å². The Morgan fingerprint density at radius 1 is 1.20 bits per heavy atom. The van der Waals surface area contributed by atoms with Crippen LogP contribution in [0.15, 0.2) is 22.6 Å². The molecule has 4 heteroatoms. The molecule has 15 heavy (non-hydrogen) atoms. The third kappa shape index (κ3) is 1.25. The van der Waals surface area contributed by atoms with Gasteiger partial charge in [0.05, 0.1) is 5.39 Å². The summed E-state index contributed by atoms with van der Waals surface area (Å²) in [5.41, 5.74) is -0.815. The van der Waals surface area contributed by atoms with E-state index in [1.165, 1.54) is 6.07 Å². The number of rotatable bonds is 1. The van der Waals surface area contributed by atoms with Crippen LogP contribution in [-0.2, 0) is 5.60 Å². The summed E-state index contributed by atoms with van der Waals surface area (Å²) in [4.78, 5) is 0. The summed E-state index contributed by atoms with van der Waals surface area (Å²) in [5, 5.41) is 9.97. The molecule has 1 aromatic carbocycles. The van der Waals surface area contributed by atoms with Gasteiger partial charge in [-0.15, -0.1) is 0 Å². The minimum atomic E-state index is -0.956. The van der Waals surface area contributed by atoms with Crippen molar-refractivity contribution in [2.75, 3.05) is 0 Å². The molecule has 0 spiro atoms. The Morgan fingerprint density at radius 2 is 1.93 bits per heavy atom. The van der Waals surface area contributed by atoms with E-state index in [1.807, 2.05) is 0 Å². The van der Waals surface area contributed by atoms with Crippen LogP contribution in [0.25, 0.3) is 11.0 Å². The van der Waals surface area contributed by atoms with Gasteiger partial charge in [0, 0.05) is 12.1 Å². The van der Waals surface area contributed by atoms with Crippen molar-refractivity contribution < 1.29 is 18.3 Å². The van der Waals surface area contributed by atoms with Crippen molar-refractivity contribution in [2.45, 2.75) is 18.4 Å². The normalized spacial score (nSPS) is 18.3. The quantitative estimate of drug-likeness (QED) is 0.785. The fourth-order valence-corrected chi connectivity index (χ4v) is 1.66. The van der Waals surface area contributed by atoms with Crippen molar-refractivity contribution in [3.8, 4) is 0 Å². The molecule has 0 bridgehead atoms. The molecule has 0 saturated heterocycles. The van der Waals surface area contributed by atoms with Crippen LogP contribution >= 0.6 is 0 Å². The molecule has 0 radical (unpaired) electrons. The summed E-state index contributed by atoms with van der Waals surface area (Å²) in [5.74, 6) is -1.02. The average Bonchev–Trinajstić information content (AvgIpc) is 2.77. The Labute approximate surface area is 84.1 Å². The molecule has 1 N–H and O–H groups in total. The highest BCUT2D eigenvalue weighted by Crippen LogP contribution is 2.47. The van der Waals surface area contributed by atoms with Gasteiger partial charge in [-0.2, -0.15) is 0 Å². The van der Waals surface area contributed by atoms with Gasteiger partial charge in [0.25, 0.3) is 0 Å². The Kier molecular flexibility index (Phi) is 1.52. The Morgan fingerprint density at radius 3 is 2.60 bits per heavy atom. The third-order valence-electron chi connectivity index (χ3n) is 2.73. The third-order valence-corrected chi connectivity index (χ3v) is 2.73. The maximum Gasteiger partial charge on any atom is 0.140 e. The summed E-state index contributed by atoms with van der Waals surface area (Å²) in [6, 6.07) is 3.36. The smallest absolute Gasteiger partial charge is 0.140 e. The predicted molar refractivity (Wildman–Crippen MR) is 49.3 cm³/mol. The van der Waals surface area contributed by atoms with Crippen LogP contribution in [0.2, 0.25) is 0 Å². The second-order valence-electron chi connectivity index (χ2n) is 3.94. The molecule has 1 aromatic heterocycles. The first-order valence-electron chi connectivity index (χ1n) is 4.70. The molecule has 1 saturated carbocycles. The van der Waals surface area contributed by atoms with E-state index in [4.69, 9.17) is 4.42 Å². The van der Waals surface area contributed by atoms with Crippen LogP contribution in [-0.4, -0.2) is 5.11 Å². The fourth-order valence-electron chi connectivity index (χ4n) is 1.66. The molecular weight excluding hydrogens is 202 g/mol. The number of halogens is 2. The lowest BCUT2D eigenvalue weighted by atomic mass is 10.2. The van der Waals surface area contributed by atoms with Gasteiger partial charge in [-0.1, -0.05) is 0 Å². The van der Waals surface area contributed by atoms with E-state index >= 15 is 0 Å². The van der Waals surface area contributed by atoms with Gasteiger partial charge in [0.2, 0.25) is 0 Å². The minimum absolute atomic E-state index is 0.142. The fraction of sp³-hybridized carbons (Fsp3) is 0.273. The molecule has 0 unspecified atom stereocenters. The molecule has 3 rings (SSSR count). The average molecular weight is 210 g/mol. The van der Waals surface area contributed by atoms with E-state index < -0.39 is 17.2 Å². The molecule has 1 aliphatic carbocycles. The van der Waals surface area contributed by atoms with Crippen LogP contribution in [0.4, 0.5) is 8.78 Å². The van der Waals surface area contributed by atoms with Crippen LogP contribution in [0, 0.1) is 11.6 Å². The number of fused-ring (bicyclic) bond motifs is 1. The van der Waals surface area contributed by atoms with Crippen molar-refractivity contribution in [2.24, 2.45) is 0 Å². The number of aliphatic hydroxyl groups is 1. The van der Waals surface area contributed by atoms with Crippen molar-refractivity contribution in [1.82, 2.24) is 0 Å². The van der Waals surface area contributed by atoms with E-state index in [2.05, 4.69) is 0 Å². The van der Waals surface area contributed by atoms with Gasteiger partial charge in [-0.05, 0) is 18.9 Å². The number of hydrogen-bond acceptors (Lipinski definition) is 2. The monoisotopic (exact) mass is 210 g/mol. The second kappa shape index (κ2) is 2.58. The Bertz CT molecular complexity index is 541. The maximum absolute atomic E-state index is 13.3. The zero-order chi connectivity index (χ0) is 10.6. The molecule has 2 nitrogen and oxygen atoms in total. The van der Waals surface area contributed by atoms with Gasteiger partial charge in [-0.25, -0.2) is 8.78 Å². The highest BCUT2D eigenvalue weighted by Gasteiger charge is 2.45. The highest BCUT2D eigenvalue weighted by molar-refractivity contribution is 5.79. The minimum Gasteiger partial charge on any atom is -0.458 e. The molecule has 0 atom stereocenters. The molecule has 2 aromatic rings.